The molecule has 1 aliphatic heterocycles. The van der Waals surface area contributed by atoms with E-state index in [-0.39, 0.29) is 0 Å². The summed E-state index contributed by atoms with van der Waals surface area (Å²) in [6.07, 6.45) is 4.49. The highest BCUT2D eigenvalue weighted by molar-refractivity contribution is 5.03. The third-order valence-electron chi connectivity index (χ3n) is 1.19. The zero-order chi connectivity index (χ0) is 5.11. The van der Waals surface area contributed by atoms with Crippen molar-refractivity contribution in [3.63, 3.8) is 0 Å². The Hall–Kier alpha value is -0.460. The Morgan fingerprint density at radius 2 is 2.71 bits per heavy atom. The van der Waals surface area contributed by atoms with Gasteiger partial charge in [0.1, 0.15) is 0 Å². The molecule has 1 heterocycles. The van der Waals surface area contributed by atoms with Gasteiger partial charge in [-0.2, -0.15) is 0 Å². The highest BCUT2D eigenvalue weighted by atomic mass is 14.9. The molecule has 39 valence electrons. The van der Waals surface area contributed by atoms with Crippen LogP contribution >= 0.6 is 0 Å². The lowest BCUT2D eigenvalue weighted by Gasteiger charge is -1.90. The maximum Gasteiger partial charge on any atom is 0.0427 e. The molecule has 0 N–H and O–H groups in total. The first-order chi connectivity index (χ1) is 3.43. The molecule has 1 radical (unpaired) electrons. The number of nitrogens with zero attached hydrogens (tertiary/aromatic N) is 1. The highest BCUT2D eigenvalue weighted by Crippen LogP contribution is 2.05. The van der Waals surface area contributed by atoms with Crippen molar-refractivity contribution >= 4 is 0 Å². The van der Waals surface area contributed by atoms with Crippen LogP contribution in [0.1, 0.15) is 19.8 Å². The minimum absolute atomic E-state index is 1.03. The number of allylic oxidation sites excluding steroid dienone is 1. The van der Waals surface area contributed by atoms with Crippen LogP contribution in [-0.2, 0) is 0 Å². The lowest BCUT2D eigenvalue weighted by atomic mass is 10.3. The minimum atomic E-state index is 1.03. The van der Waals surface area contributed by atoms with E-state index in [1.807, 2.05) is 0 Å². The quantitative estimate of drug-likeness (QED) is 0.467. The molecule has 0 atom stereocenters. The molecule has 0 aromatic heterocycles. The SMILES string of the molecule is CCC1=CCC[N]1. The molecule has 0 spiro atoms. The van der Waals surface area contributed by atoms with Crippen LogP contribution in [0.5, 0.6) is 0 Å². The maximum absolute atomic E-state index is 4.22. The maximum atomic E-state index is 4.22. The Morgan fingerprint density at radius 1 is 1.86 bits per heavy atom. The Kier molecular flexibility index (Phi) is 1.35. The van der Waals surface area contributed by atoms with Gasteiger partial charge in [0.2, 0.25) is 0 Å². The Labute approximate surface area is 44.4 Å². The molecule has 1 nitrogen and oxygen atoms in total. The largest absolute Gasteiger partial charge is 0.290 e. The molecule has 0 unspecified atom stereocenters. The van der Waals surface area contributed by atoms with E-state index in [0.29, 0.717) is 0 Å². The van der Waals surface area contributed by atoms with Gasteiger partial charge in [-0.15, -0.1) is 0 Å². The van der Waals surface area contributed by atoms with Gasteiger partial charge in [-0.25, -0.2) is 0 Å². The van der Waals surface area contributed by atoms with E-state index in [0.717, 1.165) is 13.0 Å². The van der Waals surface area contributed by atoms with Gasteiger partial charge in [-0.1, -0.05) is 13.0 Å². The predicted octanol–water partition coefficient (Wildman–Crippen LogP) is 1.29. The smallest absolute Gasteiger partial charge is 0.0427 e. The topological polar surface area (TPSA) is 14.1 Å². The van der Waals surface area contributed by atoms with Crippen LogP contribution < -0.4 is 5.32 Å². The summed E-state index contributed by atoms with van der Waals surface area (Å²) in [5, 5.41) is 4.22. The van der Waals surface area contributed by atoms with Gasteiger partial charge >= 0.3 is 0 Å². The molecule has 7 heavy (non-hydrogen) atoms. The van der Waals surface area contributed by atoms with Gasteiger partial charge in [-0.05, 0) is 12.8 Å². The van der Waals surface area contributed by atoms with Gasteiger partial charge in [0.05, 0.1) is 0 Å². The first kappa shape index (κ1) is 4.69. The van der Waals surface area contributed by atoms with E-state index in [9.17, 15) is 0 Å². The van der Waals surface area contributed by atoms with Crippen LogP contribution in [0.4, 0.5) is 0 Å². The summed E-state index contributed by atoms with van der Waals surface area (Å²) in [5.74, 6) is 0. The van der Waals surface area contributed by atoms with Crippen LogP contribution in [0, 0.1) is 0 Å². The molecular formula is C6H10N. The Morgan fingerprint density at radius 3 is 3.00 bits per heavy atom. The van der Waals surface area contributed by atoms with E-state index >= 15 is 0 Å². The summed E-state index contributed by atoms with van der Waals surface area (Å²) in [7, 11) is 0. The third-order valence-corrected chi connectivity index (χ3v) is 1.19. The minimum Gasteiger partial charge on any atom is -0.290 e. The standard InChI is InChI=1S/C6H10N/c1-2-6-4-3-5-7-6/h4H,2-3,5H2,1H3. The molecule has 0 aromatic carbocycles. The second-order valence-electron chi connectivity index (χ2n) is 1.72. The molecule has 0 amide bonds. The van der Waals surface area contributed by atoms with Crippen LogP contribution in [-0.4, -0.2) is 6.54 Å². The molecule has 1 rings (SSSR count). The molecule has 1 aliphatic rings. The van der Waals surface area contributed by atoms with Crippen molar-refractivity contribution in [2.75, 3.05) is 6.54 Å². The zero-order valence-corrected chi connectivity index (χ0v) is 4.65. The fourth-order valence-corrected chi connectivity index (χ4v) is 0.760. The summed E-state index contributed by atoms with van der Waals surface area (Å²) < 4.78 is 0. The molecule has 0 bridgehead atoms. The lowest BCUT2D eigenvalue weighted by molar-refractivity contribution is 0.822. The molecule has 0 aromatic rings. The van der Waals surface area contributed by atoms with Gasteiger partial charge in [0.15, 0.2) is 0 Å². The average Bonchev–Trinajstić information content (AvgIpc) is 2.14. The lowest BCUT2D eigenvalue weighted by Crippen LogP contribution is -1.95. The van der Waals surface area contributed by atoms with Crippen molar-refractivity contribution in [1.82, 2.24) is 5.32 Å². The molecule has 0 saturated carbocycles. The van der Waals surface area contributed by atoms with Crippen molar-refractivity contribution in [2.24, 2.45) is 0 Å². The van der Waals surface area contributed by atoms with E-state index < -0.39 is 0 Å². The molecular weight excluding hydrogens is 86.1 g/mol. The average molecular weight is 96.2 g/mol. The molecule has 1 heteroatoms. The van der Waals surface area contributed by atoms with Gasteiger partial charge in [0, 0.05) is 12.2 Å². The fraction of sp³-hybridized carbons (Fsp3) is 0.667. The second-order valence-corrected chi connectivity index (χ2v) is 1.72. The summed E-state index contributed by atoms with van der Waals surface area (Å²) >= 11 is 0. The number of hydrogen-bond acceptors (Lipinski definition) is 0. The molecule has 0 saturated heterocycles. The van der Waals surface area contributed by atoms with Gasteiger partial charge in [0.25, 0.3) is 0 Å². The zero-order valence-electron chi connectivity index (χ0n) is 4.65. The monoisotopic (exact) mass is 96.1 g/mol. The van der Waals surface area contributed by atoms with Gasteiger partial charge in [-0.3, -0.25) is 5.32 Å². The third kappa shape index (κ3) is 0.952. The van der Waals surface area contributed by atoms with Crippen molar-refractivity contribution in [3.05, 3.63) is 11.8 Å². The van der Waals surface area contributed by atoms with Crippen molar-refractivity contribution < 1.29 is 0 Å². The summed E-state index contributed by atoms with van der Waals surface area (Å²) in [6.45, 7) is 3.17. The van der Waals surface area contributed by atoms with E-state index in [2.05, 4.69) is 18.3 Å². The highest BCUT2D eigenvalue weighted by Gasteiger charge is 1.99. The summed E-state index contributed by atoms with van der Waals surface area (Å²) in [5.41, 5.74) is 1.29. The van der Waals surface area contributed by atoms with E-state index in [1.54, 1.807) is 0 Å². The van der Waals surface area contributed by atoms with E-state index in [4.69, 9.17) is 0 Å². The normalized spacial score (nSPS) is 18.7. The van der Waals surface area contributed by atoms with Crippen molar-refractivity contribution in [3.8, 4) is 0 Å². The molecule has 0 aliphatic carbocycles. The van der Waals surface area contributed by atoms with Gasteiger partial charge < -0.3 is 0 Å². The fourth-order valence-electron chi connectivity index (χ4n) is 0.760. The first-order valence-electron chi connectivity index (χ1n) is 2.80. The van der Waals surface area contributed by atoms with Crippen LogP contribution in [0.15, 0.2) is 11.8 Å². The Bertz CT molecular complexity index is 84.2. The summed E-state index contributed by atoms with van der Waals surface area (Å²) in [6, 6.07) is 0. The van der Waals surface area contributed by atoms with Crippen molar-refractivity contribution in [1.29, 1.82) is 0 Å². The number of rotatable bonds is 1. The first-order valence-corrected chi connectivity index (χ1v) is 2.80. The summed E-state index contributed by atoms with van der Waals surface area (Å²) in [4.78, 5) is 0. The second kappa shape index (κ2) is 2.01. The van der Waals surface area contributed by atoms with Crippen molar-refractivity contribution in [2.45, 2.75) is 19.8 Å². The van der Waals surface area contributed by atoms with Crippen LogP contribution in [0.25, 0.3) is 0 Å². The Balaban J connectivity index is 2.36. The van der Waals surface area contributed by atoms with Crippen LogP contribution in [0.3, 0.4) is 0 Å². The molecule has 0 fully saturated rings. The van der Waals surface area contributed by atoms with E-state index in [1.165, 1.54) is 12.1 Å². The predicted molar refractivity (Wildman–Crippen MR) is 30.0 cm³/mol. The number of hydrogen-bond donors (Lipinski definition) is 0. The van der Waals surface area contributed by atoms with Crippen LogP contribution in [0.2, 0.25) is 0 Å².